The second-order valence-electron chi connectivity index (χ2n) is 8.97. The SMILES string of the molecule is CCCCCCCCO[Si](CCCl)(OCCCCCCCC)OCCCCCCCC. The Balaban J connectivity index is 4.39. The molecular weight excluding hydrogens is 424 g/mol. The molecule has 3 nitrogen and oxygen atoms in total. The Hall–Kier alpha value is 0.387. The fourth-order valence-electron chi connectivity index (χ4n) is 3.79. The van der Waals surface area contributed by atoms with Gasteiger partial charge in [-0.1, -0.05) is 117 Å². The Morgan fingerprint density at radius 1 is 0.452 bits per heavy atom. The van der Waals surface area contributed by atoms with Crippen molar-refractivity contribution in [3.63, 3.8) is 0 Å². The summed E-state index contributed by atoms with van der Waals surface area (Å²) in [7, 11) is -2.65. The van der Waals surface area contributed by atoms with Crippen LogP contribution in [0.5, 0.6) is 0 Å². The standard InChI is InChI=1S/C26H55ClO3Si/c1-4-7-10-13-16-19-23-28-31(26-22-27,29-24-20-17-14-11-8-5-2)30-25-21-18-15-12-9-6-3/h4-26H2,1-3H3. The normalized spacial score (nSPS) is 12.0. The van der Waals surface area contributed by atoms with Crippen LogP contribution in [0.4, 0.5) is 0 Å². The third kappa shape index (κ3) is 20.7. The highest BCUT2D eigenvalue weighted by molar-refractivity contribution is 6.61. The molecule has 0 aromatic heterocycles. The molecule has 0 aliphatic rings. The van der Waals surface area contributed by atoms with Gasteiger partial charge in [-0.2, -0.15) is 0 Å². The van der Waals surface area contributed by atoms with Crippen molar-refractivity contribution in [2.45, 2.75) is 142 Å². The average molecular weight is 479 g/mol. The molecule has 0 N–H and O–H groups in total. The Bertz CT molecular complexity index is 299. The summed E-state index contributed by atoms with van der Waals surface area (Å²) in [6.45, 7) is 9.04. The quantitative estimate of drug-likeness (QED) is 0.0703. The lowest BCUT2D eigenvalue weighted by atomic mass is 10.1. The van der Waals surface area contributed by atoms with Crippen molar-refractivity contribution in [2.24, 2.45) is 0 Å². The van der Waals surface area contributed by atoms with Crippen LogP contribution in [0.3, 0.4) is 0 Å². The van der Waals surface area contributed by atoms with E-state index in [0.717, 1.165) is 45.1 Å². The summed E-state index contributed by atoms with van der Waals surface area (Å²) in [5.74, 6) is 0.551. The fourth-order valence-corrected chi connectivity index (χ4v) is 6.76. The minimum absolute atomic E-state index is 0.551. The molecular formula is C26H55ClO3Si. The molecule has 31 heavy (non-hydrogen) atoms. The van der Waals surface area contributed by atoms with Crippen LogP contribution < -0.4 is 0 Å². The molecule has 0 aliphatic carbocycles. The number of rotatable bonds is 26. The molecule has 0 bridgehead atoms. The van der Waals surface area contributed by atoms with Crippen LogP contribution >= 0.6 is 11.6 Å². The number of hydrogen-bond donors (Lipinski definition) is 0. The molecule has 0 spiro atoms. The van der Waals surface area contributed by atoms with E-state index < -0.39 is 8.80 Å². The smallest absolute Gasteiger partial charge is 0.373 e. The molecule has 0 heterocycles. The summed E-state index contributed by atoms with van der Waals surface area (Å²) in [6.07, 6.45) is 22.8. The average Bonchev–Trinajstić information content (AvgIpc) is 2.77. The van der Waals surface area contributed by atoms with Crippen molar-refractivity contribution in [2.75, 3.05) is 25.7 Å². The molecule has 0 atom stereocenters. The van der Waals surface area contributed by atoms with Gasteiger partial charge in [-0.05, 0) is 19.3 Å². The summed E-state index contributed by atoms with van der Waals surface area (Å²) in [5, 5.41) is 0. The van der Waals surface area contributed by atoms with E-state index >= 15 is 0 Å². The maximum atomic E-state index is 6.38. The molecule has 0 aromatic carbocycles. The maximum Gasteiger partial charge on any atom is 0.502 e. The molecule has 0 unspecified atom stereocenters. The topological polar surface area (TPSA) is 27.7 Å². The van der Waals surface area contributed by atoms with Gasteiger partial charge in [0, 0.05) is 31.7 Å². The number of hydrogen-bond acceptors (Lipinski definition) is 3. The zero-order chi connectivity index (χ0) is 22.9. The molecule has 0 rings (SSSR count). The highest BCUT2D eigenvalue weighted by atomic mass is 35.5. The van der Waals surface area contributed by atoms with Crippen molar-refractivity contribution in [3.05, 3.63) is 0 Å². The largest absolute Gasteiger partial charge is 0.502 e. The number of unbranched alkanes of at least 4 members (excludes halogenated alkanes) is 15. The molecule has 0 aromatic rings. The lowest BCUT2D eigenvalue weighted by Gasteiger charge is -2.29. The van der Waals surface area contributed by atoms with Crippen molar-refractivity contribution in [1.82, 2.24) is 0 Å². The lowest BCUT2D eigenvalue weighted by Crippen LogP contribution is -2.47. The van der Waals surface area contributed by atoms with Crippen LogP contribution in [0.25, 0.3) is 0 Å². The van der Waals surface area contributed by atoms with Gasteiger partial charge in [-0.25, -0.2) is 0 Å². The van der Waals surface area contributed by atoms with E-state index in [1.54, 1.807) is 0 Å². The van der Waals surface area contributed by atoms with Crippen molar-refractivity contribution in [3.8, 4) is 0 Å². The summed E-state index contributed by atoms with van der Waals surface area (Å²) in [6, 6.07) is 0.732. The fraction of sp³-hybridized carbons (Fsp3) is 1.00. The monoisotopic (exact) mass is 478 g/mol. The van der Waals surface area contributed by atoms with E-state index in [1.165, 1.54) is 96.3 Å². The van der Waals surface area contributed by atoms with Gasteiger partial charge in [-0.15, -0.1) is 11.6 Å². The molecule has 188 valence electrons. The van der Waals surface area contributed by atoms with Gasteiger partial charge in [0.05, 0.1) is 0 Å². The van der Waals surface area contributed by atoms with Gasteiger partial charge in [-0.3, -0.25) is 0 Å². The summed E-state index contributed by atoms with van der Waals surface area (Å²) in [4.78, 5) is 0. The van der Waals surface area contributed by atoms with E-state index in [4.69, 9.17) is 24.9 Å². The third-order valence-corrected chi connectivity index (χ3v) is 9.16. The van der Waals surface area contributed by atoms with Crippen LogP contribution in [-0.2, 0) is 13.3 Å². The van der Waals surface area contributed by atoms with Crippen LogP contribution in [0.1, 0.15) is 136 Å². The van der Waals surface area contributed by atoms with E-state index in [1.807, 2.05) is 0 Å². The predicted octanol–water partition coefficient (Wildman–Crippen LogP) is 9.30. The predicted molar refractivity (Wildman–Crippen MR) is 139 cm³/mol. The first-order valence-corrected chi connectivity index (χ1v) is 16.2. The number of alkyl halides is 1. The Morgan fingerprint density at radius 2 is 0.742 bits per heavy atom. The summed E-state index contributed by atoms with van der Waals surface area (Å²) in [5.41, 5.74) is 0. The van der Waals surface area contributed by atoms with E-state index in [0.29, 0.717) is 5.88 Å². The van der Waals surface area contributed by atoms with Gasteiger partial charge in [0.25, 0.3) is 0 Å². The second kappa shape index (κ2) is 25.0. The molecule has 0 radical (unpaired) electrons. The van der Waals surface area contributed by atoms with E-state index in [9.17, 15) is 0 Å². The first-order chi connectivity index (χ1) is 15.2. The highest BCUT2D eigenvalue weighted by Crippen LogP contribution is 2.20. The molecule has 0 amide bonds. The Kier molecular flexibility index (Phi) is 25.3. The number of halogens is 1. The van der Waals surface area contributed by atoms with Crippen LogP contribution in [0.15, 0.2) is 0 Å². The second-order valence-corrected chi connectivity index (χ2v) is 12.1. The molecule has 0 saturated heterocycles. The zero-order valence-electron chi connectivity index (χ0n) is 21.4. The van der Waals surface area contributed by atoms with Crippen molar-refractivity contribution < 1.29 is 13.3 Å². The summed E-state index contributed by atoms with van der Waals surface area (Å²) < 4.78 is 19.1. The van der Waals surface area contributed by atoms with Gasteiger partial charge in [0.2, 0.25) is 0 Å². The zero-order valence-corrected chi connectivity index (χ0v) is 23.1. The summed E-state index contributed by atoms with van der Waals surface area (Å²) >= 11 is 6.17. The Labute approximate surface area is 201 Å². The lowest BCUT2D eigenvalue weighted by molar-refractivity contribution is 0.0565. The maximum absolute atomic E-state index is 6.38. The van der Waals surface area contributed by atoms with Gasteiger partial charge in [0.15, 0.2) is 0 Å². The molecule has 0 saturated carbocycles. The first-order valence-electron chi connectivity index (χ1n) is 13.7. The minimum Gasteiger partial charge on any atom is -0.373 e. The highest BCUT2D eigenvalue weighted by Gasteiger charge is 2.40. The minimum atomic E-state index is -2.65. The first kappa shape index (κ1) is 31.4. The van der Waals surface area contributed by atoms with E-state index in [2.05, 4.69) is 20.8 Å². The van der Waals surface area contributed by atoms with Crippen LogP contribution in [0.2, 0.25) is 6.04 Å². The van der Waals surface area contributed by atoms with Crippen LogP contribution in [-0.4, -0.2) is 34.5 Å². The Morgan fingerprint density at radius 3 is 1.03 bits per heavy atom. The van der Waals surface area contributed by atoms with Crippen LogP contribution in [0, 0.1) is 0 Å². The molecule has 0 aliphatic heterocycles. The van der Waals surface area contributed by atoms with Gasteiger partial charge >= 0.3 is 8.80 Å². The molecule has 0 fully saturated rings. The van der Waals surface area contributed by atoms with Gasteiger partial charge < -0.3 is 13.3 Å². The van der Waals surface area contributed by atoms with Crippen molar-refractivity contribution >= 4 is 20.4 Å². The molecule has 5 heteroatoms. The van der Waals surface area contributed by atoms with E-state index in [-0.39, 0.29) is 0 Å². The van der Waals surface area contributed by atoms with Gasteiger partial charge in [0.1, 0.15) is 0 Å². The third-order valence-electron chi connectivity index (χ3n) is 5.86. The van der Waals surface area contributed by atoms with Crippen molar-refractivity contribution in [1.29, 1.82) is 0 Å².